The van der Waals surface area contributed by atoms with Gasteiger partial charge in [-0.15, -0.1) is 0 Å². The molecule has 3 rings (SSSR count). The van der Waals surface area contributed by atoms with Crippen molar-refractivity contribution in [2.24, 2.45) is 0 Å². The lowest BCUT2D eigenvalue weighted by Gasteiger charge is -2.34. The largest absolute Gasteiger partial charge is 0.490 e. The van der Waals surface area contributed by atoms with Gasteiger partial charge in [0.2, 0.25) is 15.9 Å². The van der Waals surface area contributed by atoms with Gasteiger partial charge in [-0.25, -0.2) is 12.8 Å². The van der Waals surface area contributed by atoms with Gasteiger partial charge >= 0.3 is 0 Å². The number of ether oxygens (including phenoxy) is 1. The van der Waals surface area contributed by atoms with E-state index in [9.17, 15) is 17.6 Å². The molecule has 28 heavy (non-hydrogen) atoms. The lowest BCUT2D eigenvalue weighted by Crippen LogP contribution is -2.50. The minimum atomic E-state index is -3.65. The number of para-hydroxylation sites is 1. The zero-order valence-electron chi connectivity index (χ0n) is 15.1. The van der Waals surface area contributed by atoms with Gasteiger partial charge in [-0.3, -0.25) is 4.79 Å². The first-order valence-corrected chi connectivity index (χ1v) is 10.6. The molecule has 0 radical (unpaired) electrons. The van der Waals surface area contributed by atoms with Crippen molar-refractivity contribution in [1.29, 1.82) is 0 Å². The minimum absolute atomic E-state index is 0.0563. The minimum Gasteiger partial charge on any atom is -0.490 e. The van der Waals surface area contributed by atoms with Gasteiger partial charge in [-0.2, -0.15) is 4.31 Å². The van der Waals surface area contributed by atoms with Crippen LogP contribution in [0.15, 0.2) is 53.4 Å². The van der Waals surface area contributed by atoms with Gasteiger partial charge in [-0.1, -0.05) is 29.8 Å². The van der Waals surface area contributed by atoms with Crippen molar-refractivity contribution in [3.05, 3.63) is 59.4 Å². The maximum absolute atomic E-state index is 13.5. The number of hydrogen-bond donors (Lipinski definition) is 0. The summed E-state index contributed by atoms with van der Waals surface area (Å²) < 4.78 is 45.5. The highest BCUT2D eigenvalue weighted by molar-refractivity contribution is 7.89. The maximum Gasteiger partial charge on any atom is 0.243 e. The lowest BCUT2D eigenvalue weighted by molar-refractivity contribution is -0.132. The molecule has 6 nitrogen and oxygen atoms in total. The molecule has 0 unspecified atom stereocenters. The van der Waals surface area contributed by atoms with Gasteiger partial charge in [0.25, 0.3) is 0 Å². The summed E-state index contributed by atoms with van der Waals surface area (Å²) in [5.74, 6) is -0.529. The van der Waals surface area contributed by atoms with E-state index in [1.54, 1.807) is 29.2 Å². The number of sulfonamides is 1. The predicted octanol–water partition coefficient (Wildman–Crippen LogP) is 2.78. The van der Waals surface area contributed by atoms with Gasteiger partial charge in [0.05, 0.1) is 17.9 Å². The zero-order chi connectivity index (χ0) is 20.1. The van der Waals surface area contributed by atoms with Gasteiger partial charge in [0.1, 0.15) is 0 Å². The van der Waals surface area contributed by atoms with Gasteiger partial charge < -0.3 is 9.64 Å². The maximum atomic E-state index is 13.5. The van der Waals surface area contributed by atoms with E-state index in [1.807, 2.05) is 0 Å². The molecule has 0 bridgehead atoms. The van der Waals surface area contributed by atoms with Crippen molar-refractivity contribution < 1.29 is 22.3 Å². The van der Waals surface area contributed by atoms with E-state index in [0.29, 0.717) is 18.1 Å². The molecule has 2 aromatic rings. The topological polar surface area (TPSA) is 66.9 Å². The summed E-state index contributed by atoms with van der Waals surface area (Å²) in [6.45, 7) is 1.04. The average Bonchev–Trinajstić information content (AvgIpc) is 2.69. The Morgan fingerprint density at radius 3 is 2.46 bits per heavy atom. The first-order chi connectivity index (χ1) is 13.4. The van der Waals surface area contributed by atoms with Crippen LogP contribution in [0.5, 0.6) is 5.75 Å². The monoisotopic (exact) mass is 426 g/mol. The van der Waals surface area contributed by atoms with Crippen LogP contribution in [0, 0.1) is 5.82 Å². The van der Waals surface area contributed by atoms with Crippen LogP contribution < -0.4 is 4.74 Å². The van der Waals surface area contributed by atoms with E-state index < -0.39 is 15.8 Å². The number of carbonyl (C=O) groups is 1. The lowest BCUT2D eigenvalue weighted by atomic mass is 10.3. The van der Waals surface area contributed by atoms with E-state index in [0.717, 1.165) is 0 Å². The SMILES string of the molecule is O=C(CCOc1ccccc1F)N1CCN(S(=O)(=O)c2cccc(Cl)c2)CC1. The Morgan fingerprint density at radius 1 is 1.07 bits per heavy atom. The third kappa shape index (κ3) is 4.81. The molecule has 0 N–H and O–H groups in total. The van der Waals surface area contributed by atoms with Crippen LogP contribution in [-0.2, 0) is 14.8 Å². The van der Waals surface area contributed by atoms with Crippen LogP contribution in [0.4, 0.5) is 4.39 Å². The van der Waals surface area contributed by atoms with E-state index in [-0.39, 0.29) is 42.7 Å². The fraction of sp³-hybridized carbons (Fsp3) is 0.316. The third-order valence-corrected chi connectivity index (χ3v) is 6.57. The molecule has 1 aliphatic rings. The molecular weight excluding hydrogens is 407 g/mol. The molecule has 1 saturated heterocycles. The van der Waals surface area contributed by atoms with Crippen molar-refractivity contribution in [1.82, 2.24) is 9.21 Å². The van der Waals surface area contributed by atoms with Crippen molar-refractivity contribution in [3.8, 4) is 5.75 Å². The second-order valence-electron chi connectivity index (χ2n) is 6.27. The number of piperazine rings is 1. The molecule has 1 heterocycles. The molecule has 1 amide bonds. The Kier molecular flexibility index (Phi) is 6.53. The normalized spacial score (nSPS) is 15.4. The predicted molar refractivity (Wildman–Crippen MR) is 103 cm³/mol. The molecule has 0 aromatic heterocycles. The van der Waals surface area contributed by atoms with Crippen LogP contribution in [0.1, 0.15) is 6.42 Å². The fourth-order valence-electron chi connectivity index (χ4n) is 2.92. The first kappa shape index (κ1) is 20.6. The Hall–Kier alpha value is -2.16. The third-order valence-electron chi connectivity index (χ3n) is 4.44. The molecule has 150 valence electrons. The Labute approximate surface area is 168 Å². The molecule has 1 fully saturated rings. The number of carbonyl (C=O) groups excluding carboxylic acids is 1. The highest BCUT2D eigenvalue weighted by Gasteiger charge is 2.30. The Balaban J connectivity index is 1.50. The van der Waals surface area contributed by atoms with Gasteiger partial charge in [-0.05, 0) is 30.3 Å². The average molecular weight is 427 g/mol. The second kappa shape index (κ2) is 8.89. The van der Waals surface area contributed by atoms with E-state index in [2.05, 4.69) is 0 Å². The molecule has 0 spiro atoms. The molecule has 1 aliphatic heterocycles. The summed E-state index contributed by atoms with van der Waals surface area (Å²) in [5, 5.41) is 0.352. The number of halogens is 2. The molecule has 0 atom stereocenters. The van der Waals surface area contributed by atoms with Crippen LogP contribution in [0.3, 0.4) is 0 Å². The second-order valence-corrected chi connectivity index (χ2v) is 8.65. The van der Waals surface area contributed by atoms with Crippen LogP contribution in [-0.4, -0.2) is 56.3 Å². The molecular formula is C19H20ClFN2O4S. The standard InChI is InChI=1S/C19H20ClFN2O4S/c20-15-4-3-5-16(14-15)28(25,26)23-11-9-22(10-12-23)19(24)8-13-27-18-7-2-1-6-17(18)21/h1-7,14H,8-13H2. The van der Waals surface area contributed by atoms with E-state index >= 15 is 0 Å². The number of benzene rings is 2. The molecule has 0 saturated carbocycles. The summed E-state index contributed by atoms with van der Waals surface area (Å²) in [7, 11) is -3.65. The van der Waals surface area contributed by atoms with Crippen LogP contribution in [0.25, 0.3) is 0 Å². The summed E-state index contributed by atoms with van der Waals surface area (Å²) in [5.41, 5.74) is 0. The van der Waals surface area contributed by atoms with Crippen LogP contribution in [0.2, 0.25) is 5.02 Å². The molecule has 9 heteroatoms. The highest BCUT2D eigenvalue weighted by Crippen LogP contribution is 2.21. The number of nitrogens with zero attached hydrogens (tertiary/aromatic N) is 2. The number of hydrogen-bond acceptors (Lipinski definition) is 4. The Bertz CT molecular complexity index is 946. The summed E-state index contributed by atoms with van der Waals surface area (Å²) in [4.78, 5) is 14.0. The smallest absolute Gasteiger partial charge is 0.243 e. The van der Waals surface area contributed by atoms with E-state index in [1.165, 1.54) is 28.6 Å². The quantitative estimate of drug-likeness (QED) is 0.712. The van der Waals surface area contributed by atoms with Gasteiger partial charge in [0.15, 0.2) is 11.6 Å². The van der Waals surface area contributed by atoms with Crippen LogP contribution >= 0.6 is 11.6 Å². The van der Waals surface area contributed by atoms with Crippen molar-refractivity contribution in [2.75, 3.05) is 32.8 Å². The van der Waals surface area contributed by atoms with E-state index in [4.69, 9.17) is 16.3 Å². The summed E-state index contributed by atoms with van der Waals surface area (Å²) in [6.07, 6.45) is 0.0926. The summed E-state index contributed by atoms with van der Waals surface area (Å²) in [6, 6.07) is 12.1. The highest BCUT2D eigenvalue weighted by atomic mass is 35.5. The molecule has 0 aliphatic carbocycles. The fourth-order valence-corrected chi connectivity index (χ4v) is 4.65. The number of rotatable bonds is 6. The number of amides is 1. The Morgan fingerprint density at radius 2 is 1.79 bits per heavy atom. The first-order valence-electron chi connectivity index (χ1n) is 8.79. The molecule has 2 aromatic carbocycles. The van der Waals surface area contributed by atoms with Crippen molar-refractivity contribution in [3.63, 3.8) is 0 Å². The van der Waals surface area contributed by atoms with Gasteiger partial charge in [0, 0.05) is 31.2 Å². The van der Waals surface area contributed by atoms with Crippen molar-refractivity contribution >= 4 is 27.5 Å². The summed E-state index contributed by atoms with van der Waals surface area (Å²) >= 11 is 5.89. The van der Waals surface area contributed by atoms with Crippen molar-refractivity contribution in [2.45, 2.75) is 11.3 Å². The zero-order valence-corrected chi connectivity index (χ0v) is 16.6.